The van der Waals surface area contributed by atoms with Crippen molar-refractivity contribution in [3.8, 4) is 0 Å². The number of halogens is 3. The number of nitrogens with zero attached hydrogens (tertiary/aromatic N) is 1. The Morgan fingerprint density at radius 2 is 1.86 bits per heavy atom. The van der Waals surface area contributed by atoms with Crippen molar-refractivity contribution < 1.29 is 13.2 Å². The van der Waals surface area contributed by atoms with Gasteiger partial charge in [0.05, 0.1) is 16.9 Å². The highest BCUT2D eigenvalue weighted by Gasteiger charge is 2.35. The number of anilines is 2. The van der Waals surface area contributed by atoms with Crippen molar-refractivity contribution in [3.05, 3.63) is 59.5 Å². The van der Waals surface area contributed by atoms with E-state index in [1.54, 1.807) is 13.0 Å². The molecule has 1 aromatic carbocycles. The van der Waals surface area contributed by atoms with Crippen molar-refractivity contribution in [2.45, 2.75) is 13.1 Å². The lowest BCUT2D eigenvalue weighted by Gasteiger charge is -2.23. The molecule has 110 valence electrons. The molecule has 1 heterocycles. The fraction of sp³-hybridized carbons (Fsp3) is 0.250. The van der Waals surface area contributed by atoms with Gasteiger partial charge in [-0.1, -0.05) is 31.2 Å². The molecule has 5 heteroatoms. The first kappa shape index (κ1) is 13.8. The predicted molar refractivity (Wildman–Crippen MR) is 77.9 cm³/mol. The first-order valence-electron chi connectivity index (χ1n) is 6.69. The molecular formula is C16H15F3N2. The second-order valence-corrected chi connectivity index (χ2v) is 5.25. The second kappa shape index (κ2) is 4.69. The zero-order valence-electron chi connectivity index (χ0n) is 11.7. The predicted octanol–water partition coefficient (Wildman–Crippen LogP) is 4.45. The van der Waals surface area contributed by atoms with Crippen molar-refractivity contribution in [3.63, 3.8) is 0 Å². The lowest BCUT2D eigenvalue weighted by Crippen LogP contribution is -2.21. The summed E-state index contributed by atoms with van der Waals surface area (Å²) in [4.78, 5) is 1.97. The van der Waals surface area contributed by atoms with Crippen molar-refractivity contribution in [2.24, 2.45) is 5.92 Å². The molecule has 1 atom stereocenters. The van der Waals surface area contributed by atoms with Gasteiger partial charge in [-0.15, -0.1) is 0 Å². The number of rotatable bonds is 0. The van der Waals surface area contributed by atoms with Crippen LogP contribution in [0.3, 0.4) is 0 Å². The molecule has 0 aromatic heterocycles. The van der Waals surface area contributed by atoms with Gasteiger partial charge < -0.3 is 10.2 Å². The van der Waals surface area contributed by atoms with Gasteiger partial charge in [0.2, 0.25) is 0 Å². The first-order valence-corrected chi connectivity index (χ1v) is 6.69. The van der Waals surface area contributed by atoms with Gasteiger partial charge in [-0.05, 0) is 23.8 Å². The standard InChI is InChI=1S/C16H15F3N2/c1-10-9-11(16(17,18)19)7-8-12(10)15-20-13-5-3-4-6-14(13)21(15)2/h3-10,20H,1-2H3. The third-order valence-electron chi connectivity index (χ3n) is 3.82. The fourth-order valence-corrected chi connectivity index (χ4v) is 2.70. The van der Waals surface area contributed by atoms with Gasteiger partial charge in [0.15, 0.2) is 0 Å². The van der Waals surface area contributed by atoms with Gasteiger partial charge >= 0.3 is 6.18 Å². The summed E-state index contributed by atoms with van der Waals surface area (Å²) < 4.78 is 38.2. The van der Waals surface area contributed by atoms with Crippen LogP contribution < -0.4 is 10.2 Å². The number of fused-ring (bicyclic) bond motifs is 1. The van der Waals surface area contributed by atoms with Crippen molar-refractivity contribution >= 4 is 11.4 Å². The van der Waals surface area contributed by atoms with E-state index in [1.165, 1.54) is 6.08 Å². The summed E-state index contributed by atoms with van der Waals surface area (Å²) in [5.74, 6) is 0.531. The van der Waals surface area contributed by atoms with Crippen molar-refractivity contribution in [2.75, 3.05) is 17.3 Å². The van der Waals surface area contributed by atoms with Crippen LogP contribution in [0.2, 0.25) is 0 Å². The average molecular weight is 292 g/mol. The van der Waals surface area contributed by atoms with Crippen LogP contribution >= 0.6 is 0 Å². The fourth-order valence-electron chi connectivity index (χ4n) is 2.70. The Balaban J connectivity index is 1.97. The number of alkyl halides is 3. The molecule has 0 saturated carbocycles. The largest absolute Gasteiger partial charge is 0.416 e. The lowest BCUT2D eigenvalue weighted by molar-refractivity contribution is -0.0887. The van der Waals surface area contributed by atoms with Gasteiger partial charge in [-0.2, -0.15) is 13.2 Å². The summed E-state index contributed by atoms with van der Waals surface area (Å²) >= 11 is 0. The lowest BCUT2D eigenvalue weighted by atomic mass is 9.92. The molecule has 0 radical (unpaired) electrons. The van der Waals surface area contributed by atoms with Crippen molar-refractivity contribution in [1.82, 2.24) is 0 Å². The number of nitrogens with one attached hydrogen (secondary N) is 1. The molecular weight excluding hydrogens is 277 g/mol. The maximum atomic E-state index is 12.7. The summed E-state index contributed by atoms with van der Waals surface area (Å²) in [6.07, 6.45) is -0.335. The summed E-state index contributed by atoms with van der Waals surface area (Å²) in [7, 11) is 1.91. The zero-order chi connectivity index (χ0) is 15.2. The highest BCUT2D eigenvalue weighted by molar-refractivity contribution is 5.81. The molecule has 0 saturated heterocycles. The van der Waals surface area contributed by atoms with Gasteiger partial charge in [0, 0.05) is 13.0 Å². The van der Waals surface area contributed by atoms with E-state index in [-0.39, 0.29) is 5.92 Å². The van der Waals surface area contributed by atoms with Crippen LogP contribution in [0.4, 0.5) is 24.5 Å². The summed E-state index contributed by atoms with van der Waals surface area (Å²) in [5.41, 5.74) is 2.25. The number of benzene rings is 1. The highest BCUT2D eigenvalue weighted by atomic mass is 19.4. The Bertz CT molecular complexity index is 668. The van der Waals surface area contributed by atoms with E-state index >= 15 is 0 Å². The zero-order valence-corrected chi connectivity index (χ0v) is 11.7. The monoisotopic (exact) mass is 292 g/mol. The number of allylic oxidation sites excluding steroid dienone is 5. The van der Waals surface area contributed by atoms with Gasteiger partial charge in [0.1, 0.15) is 5.82 Å². The highest BCUT2D eigenvalue weighted by Crippen LogP contribution is 2.40. The number of hydrogen-bond acceptors (Lipinski definition) is 2. The molecule has 0 bridgehead atoms. The maximum absolute atomic E-state index is 12.7. The normalized spacial score (nSPS) is 24.7. The molecule has 1 unspecified atom stereocenters. The van der Waals surface area contributed by atoms with Gasteiger partial charge in [0.25, 0.3) is 0 Å². The Morgan fingerprint density at radius 3 is 2.48 bits per heavy atom. The van der Waals surface area contributed by atoms with E-state index in [9.17, 15) is 13.2 Å². The van der Waals surface area contributed by atoms with E-state index in [0.29, 0.717) is 0 Å². The van der Waals surface area contributed by atoms with Crippen LogP contribution in [-0.4, -0.2) is 13.2 Å². The Hall–Kier alpha value is -2.17. The third kappa shape index (κ3) is 2.33. The third-order valence-corrected chi connectivity index (χ3v) is 3.82. The molecule has 0 amide bonds. The van der Waals surface area contributed by atoms with E-state index < -0.39 is 11.7 Å². The molecule has 21 heavy (non-hydrogen) atoms. The van der Waals surface area contributed by atoms with Crippen LogP contribution in [0.15, 0.2) is 59.5 Å². The first-order chi connectivity index (χ1) is 9.88. The topological polar surface area (TPSA) is 15.3 Å². The van der Waals surface area contributed by atoms with Gasteiger partial charge in [-0.3, -0.25) is 0 Å². The minimum atomic E-state index is -4.29. The summed E-state index contributed by atoms with van der Waals surface area (Å²) in [5, 5.41) is 3.28. The molecule has 1 aliphatic carbocycles. The van der Waals surface area contributed by atoms with E-state index in [0.717, 1.165) is 28.8 Å². The van der Waals surface area contributed by atoms with Crippen LogP contribution in [0, 0.1) is 5.92 Å². The maximum Gasteiger partial charge on any atom is 0.416 e. The minimum absolute atomic E-state index is 0.300. The van der Waals surface area contributed by atoms with E-state index in [1.807, 2.05) is 36.2 Å². The molecule has 1 N–H and O–H groups in total. The van der Waals surface area contributed by atoms with Crippen molar-refractivity contribution in [1.29, 1.82) is 0 Å². The quantitative estimate of drug-likeness (QED) is 0.759. The van der Waals surface area contributed by atoms with Crippen LogP contribution in [0.25, 0.3) is 0 Å². The number of hydrogen-bond donors (Lipinski definition) is 1. The molecule has 0 fully saturated rings. The number of para-hydroxylation sites is 2. The molecule has 1 aliphatic heterocycles. The average Bonchev–Trinajstić information content (AvgIpc) is 2.75. The van der Waals surface area contributed by atoms with E-state index in [4.69, 9.17) is 0 Å². The SMILES string of the molecule is CC1C=C(C(F)(F)F)C=CC1=C1Nc2ccccc2N1C. The van der Waals surface area contributed by atoms with E-state index in [2.05, 4.69) is 5.32 Å². The Morgan fingerprint density at radius 1 is 1.14 bits per heavy atom. The van der Waals surface area contributed by atoms with Gasteiger partial charge in [-0.25, -0.2) is 0 Å². The summed E-state index contributed by atoms with van der Waals surface area (Å²) in [6.45, 7) is 1.77. The molecule has 1 aromatic rings. The molecule has 3 rings (SSSR count). The smallest absolute Gasteiger partial charge is 0.340 e. The van der Waals surface area contributed by atoms with Crippen LogP contribution in [0.5, 0.6) is 0 Å². The molecule has 2 aliphatic rings. The Kier molecular flexibility index (Phi) is 3.08. The molecule has 2 nitrogen and oxygen atoms in total. The second-order valence-electron chi connectivity index (χ2n) is 5.25. The van der Waals surface area contributed by atoms with Crippen LogP contribution in [-0.2, 0) is 0 Å². The minimum Gasteiger partial charge on any atom is -0.340 e. The molecule has 0 spiro atoms. The van der Waals surface area contributed by atoms with Crippen LogP contribution in [0.1, 0.15) is 6.92 Å². The Labute approximate surface area is 121 Å². The summed E-state index contributed by atoms with van der Waals surface area (Å²) in [6, 6.07) is 7.79.